The van der Waals surface area contributed by atoms with Crippen LogP contribution in [-0.4, -0.2) is 36.7 Å². The van der Waals surface area contributed by atoms with Crippen molar-refractivity contribution in [1.29, 1.82) is 0 Å². The number of fused-ring (bicyclic) bond motifs is 2. The highest BCUT2D eigenvalue weighted by molar-refractivity contribution is 4.94. The average Bonchev–Trinajstić information content (AvgIpc) is 2.24. The molecule has 0 amide bonds. The summed E-state index contributed by atoms with van der Waals surface area (Å²) in [4.78, 5) is 8.07. The molecule has 0 aromatic carbocycles. The Hall–Kier alpha value is -0.120. The van der Waals surface area contributed by atoms with Gasteiger partial charge < -0.3 is 9.74 Å². The summed E-state index contributed by atoms with van der Waals surface area (Å²) >= 11 is 0. The van der Waals surface area contributed by atoms with Crippen LogP contribution in [0.25, 0.3) is 0 Å². The summed E-state index contributed by atoms with van der Waals surface area (Å²) in [6, 6.07) is 1.29. The van der Waals surface area contributed by atoms with E-state index in [1.807, 2.05) is 6.92 Å². The average molecular weight is 226 g/mol. The second-order valence-corrected chi connectivity index (χ2v) is 5.58. The van der Waals surface area contributed by atoms with Crippen LogP contribution in [0.2, 0.25) is 0 Å². The summed E-state index contributed by atoms with van der Waals surface area (Å²) in [7, 11) is 0. The first-order valence-electron chi connectivity index (χ1n) is 6.83. The Morgan fingerprint density at radius 3 is 2.38 bits per heavy atom. The fourth-order valence-electron chi connectivity index (χ4n) is 3.27. The van der Waals surface area contributed by atoms with Crippen molar-refractivity contribution in [3.05, 3.63) is 0 Å². The Kier molecular flexibility index (Phi) is 4.22. The predicted octanol–water partition coefficient (Wildman–Crippen LogP) is 2.04. The molecule has 2 fully saturated rings. The molecular formula is C13H26N2O. The molecule has 0 radical (unpaired) electrons. The highest BCUT2D eigenvalue weighted by Crippen LogP contribution is 2.35. The van der Waals surface area contributed by atoms with Crippen LogP contribution in [0.15, 0.2) is 0 Å². The van der Waals surface area contributed by atoms with Gasteiger partial charge in [0.05, 0.1) is 6.61 Å². The Morgan fingerprint density at radius 1 is 1.25 bits per heavy atom. The molecule has 1 aliphatic carbocycles. The molecule has 0 spiro atoms. The molecule has 1 N–H and O–H groups in total. The molecule has 2 bridgehead atoms. The number of hydroxylamine groups is 1. The number of nitrogens with one attached hydrogen (secondary N) is 1. The summed E-state index contributed by atoms with van der Waals surface area (Å²) in [5.41, 5.74) is 3.31. The standard InChI is InChI=1S/C13H26N2O/c1-4-16-14-13-11-6-5-7-12(13)9-15(8-11)10(2)3/h10-14H,4-9H2,1-3H3. The first kappa shape index (κ1) is 12.3. The minimum absolute atomic E-state index is 0.601. The smallest absolute Gasteiger partial charge is 0.0654 e. The molecule has 2 unspecified atom stereocenters. The van der Waals surface area contributed by atoms with Gasteiger partial charge in [-0.2, -0.15) is 5.48 Å². The maximum atomic E-state index is 5.44. The Bertz CT molecular complexity index is 206. The number of rotatable bonds is 4. The molecule has 2 rings (SSSR count). The number of nitrogens with zero attached hydrogens (tertiary/aromatic N) is 1. The zero-order chi connectivity index (χ0) is 11.5. The second-order valence-electron chi connectivity index (χ2n) is 5.58. The summed E-state index contributed by atoms with van der Waals surface area (Å²) in [5.74, 6) is 1.59. The Morgan fingerprint density at radius 2 is 1.88 bits per heavy atom. The molecule has 3 heteroatoms. The summed E-state index contributed by atoms with van der Waals surface area (Å²) in [5, 5.41) is 0. The molecule has 1 aliphatic heterocycles. The van der Waals surface area contributed by atoms with Gasteiger partial charge in [-0.05, 0) is 45.4 Å². The predicted molar refractivity (Wildman–Crippen MR) is 66.1 cm³/mol. The molecule has 2 aliphatic rings. The van der Waals surface area contributed by atoms with Gasteiger partial charge in [0.25, 0.3) is 0 Å². The maximum absolute atomic E-state index is 5.44. The molecule has 1 saturated heterocycles. The van der Waals surface area contributed by atoms with Crippen LogP contribution >= 0.6 is 0 Å². The van der Waals surface area contributed by atoms with Gasteiger partial charge in [0.1, 0.15) is 0 Å². The van der Waals surface area contributed by atoms with E-state index in [9.17, 15) is 0 Å². The van der Waals surface area contributed by atoms with E-state index in [0.717, 1.165) is 18.4 Å². The van der Waals surface area contributed by atoms with Gasteiger partial charge in [0.2, 0.25) is 0 Å². The molecule has 2 atom stereocenters. The lowest BCUT2D eigenvalue weighted by atomic mass is 9.73. The summed E-state index contributed by atoms with van der Waals surface area (Å²) < 4.78 is 0. The van der Waals surface area contributed by atoms with Crippen LogP contribution in [0.5, 0.6) is 0 Å². The van der Waals surface area contributed by atoms with E-state index in [4.69, 9.17) is 4.84 Å². The van der Waals surface area contributed by atoms with Gasteiger partial charge in [-0.3, -0.25) is 0 Å². The van der Waals surface area contributed by atoms with Crippen molar-refractivity contribution in [2.75, 3.05) is 19.7 Å². The van der Waals surface area contributed by atoms with E-state index in [-0.39, 0.29) is 0 Å². The summed E-state index contributed by atoms with van der Waals surface area (Å²) in [6.07, 6.45) is 4.14. The highest BCUT2D eigenvalue weighted by Gasteiger charge is 2.40. The van der Waals surface area contributed by atoms with Gasteiger partial charge >= 0.3 is 0 Å². The topological polar surface area (TPSA) is 24.5 Å². The van der Waals surface area contributed by atoms with Gasteiger partial charge in [0, 0.05) is 25.2 Å². The fourth-order valence-corrected chi connectivity index (χ4v) is 3.27. The third kappa shape index (κ3) is 2.58. The third-order valence-corrected chi connectivity index (χ3v) is 4.20. The molecule has 1 saturated carbocycles. The number of hydrogen-bond acceptors (Lipinski definition) is 3. The number of hydrogen-bond donors (Lipinski definition) is 1. The quantitative estimate of drug-likeness (QED) is 0.742. The van der Waals surface area contributed by atoms with Gasteiger partial charge in [0.15, 0.2) is 0 Å². The zero-order valence-corrected chi connectivity index (χ0v) is 10.9. The van der Waals surface area contributed by atoms with Crippen molar-refractivity contribution in [1.82, 2.24) is 10.4 Å². The molecule has 1 heterocycles. The largest absolute Gasteiger partial charge is 0.302 e. The Labute approximate surface area is 99.5 Å². The minimum atomic E-state index is 0.601. The second kappa shape index (κ2) is 5.48. The first-order chi connectivity index (χ1) is 7.72. The van der Waals surface area contributed by atoms with Gasteiger partial charge in [-0.25, -0.2) is 0 Å². The number of likely N-dealkylation sites (tertiary alicyclic amines) is 1. The number of piperidine rings is 1. The van der Waals surface area contributed by atoms with Gasteiger partial charge in [-0.1, -0.05) is 6.42 Å². The monoisotopic (exact) mass is 226 g/mol. The van der Waals surface area contributed by atoms with E-state index in [0.29, 0.717) is 12.1 Å². The van der Waals surface area contributed by atoms with E-state index >= 15 is 0 Å². The lowest BCUT2D eigenvalue weighted by Gasteiger charge is -2.48. The zero-order valence-electron chi connectivity index (χ0n) is 10.9. The minimum Gasteiger partial charge on any atom is -0.302 e. The molecular weight excluding hydrogens is 200 g/mol. The third-order valence-electron chi connectivity index (χ3n) is 4.20. The van der Waals surface area contributed by atoms with E-state index < -0.39 is 0 Å². The van der Waals surface area contributed by atoms with Gasteiger partial charge in [-0.15, -0.1) is 0 Å². The summed E-state index contributed by atoms with van der Waals surface area (Å²) in [6.45, 7) is 9.94. The van der Waals surface area contributed by atoms with Crippen LogP contribution in [0.4, 0.5) is 0 Å². The fraction of sp³-hybridized carbons (Fsp3) is 1.00. The van der Waals surface area contributed by atoms with Crippen molar-refractivity contribution < 1.29 is 4.84 Å². The molecule has 3 nitrogen and oxygen atoms in total. The lowest BCUT2D eigenvalue weighted by molar-refractivity contribution is -0.0604. The van der Waals surface area contributed by atoms with Crippen LogP contribution in [0, 0.1) is 11.8 Å². The van der Waals surface area contributed by atoms with Crippen LogP contribution < -0.4 is 5.48 Å². The maximum Gasteiger partial charge on any atom is 0.0654 e. The van der Waals surface area contributed by atoms with Crippen molar-refractivity contribution in [2.45, 2.75) is 52.1 Å². The van der Waals surface area contributed by atoms with Crippen LogP contribution in [0.1, 0.15) is 40.0 Å². The Balaban J connectivity index is 1.96. The van der Waals surface area contributed by atoms with Crippen molar-refractivity contribution in [3.8, 4) is 0 Å². The first-order valence-corrected chi connectivity index (χ1v) is 6.83. The van der Waals surface area contributed by atoms with Crippen molar-refractivity contribution in [3.63, 3.8) is 0 Å². The molecule has 0 aromatic rings. The van der Waals surface area contributed by atoms with E-state index in [2.05, 4.69) is 24.2 Å². The molecule has 94 valence electrons. The van der Waals surface area contributed by atoms with E-state index in [1.165, 1.54) is 32.4 Å². The normalized spacial score (nSPS) is 35.6. The van der Waals surface area contributed by atoms with E-state index in [1.54, 1.807) is 0 Å². The highest BCUT2D eigenvalue weighted by atomic mass is 16.6. The molecule has 0 aromatic heterocycles. The lowest BCUT2D eigenvalue weighted by Crippen LogP contribution is -2.58. The van der Waals surface area contributed by atoms with Crippen LogP contribution in [0.3, 0.4) is 0 Å². The van der Waals surface area contributed by atoms with Crippen molar-refractivity contribution in [2.24, 2.45) is 11.8 Å². The van der Waals surface area contributed by atoms with Crippen molar-refractivity contribution >= 4 is 0 Å². The molecule has 16 heavy (non-hydrogen) atoms. The SMILES string of the molecule is CCONC1C2CCCC1CN(C(C)C)C2. The van der Waals surface area contributed by atoms with Crippen LogP contribution in [-0.2, 0) is 4.84 Å².